The number of benzene rings is 1. The Bertz CT molecular complexity index is 1530. The fourth-order valence-corrected chi connectivity index (χ4v) is 5.56. The van der Waals surface area contributed by atoms with Crippen molar-refractivity contribution >= 4 is 28.7 Å². The first-order valence-corrected chi connectivity index (χ1v) is 13.9. The topological polar surface area (TPSA) is 112 Å². The van der Waals surface area contributed by atoms with Crippen LogP contribution in [0, 0.1) is 11.7 Å². The van der Waals surface area contributed by atoms with Crippen molar-refractivity contribution in [2.45, 2.75) is 63.7 Å². The first kappa shape index (κ1) is 26.6. The van der Waals surface area contributed by atoms with Gasteiger partial charge in [0.2, 0.25) is 5.88 Å². The van der Waals surface area contributed by atoms with E-state index in [0.29, 0.717) is 45.9 Å². The molecular formula is C29H29ClFN5O4. The van der Waals surface area contributed by atoms with Crippen LogP contribution in [0.15, 0.2) is 42.6 Å². The van der Waals surface area contributed by atoms with Crippen molar-refractivity contribution in [2.75, 3.05) is 6.61 Å². The molecular weight excluding hydrogens is 537 g/mol. The molecule has 1 saturated heterocycles. The van der Waals surface area contributed by atoms with E-state index < -0.39 is 5.97 Å². The van der Waals surface area contributed by atoms with Gasteiger partial charge in [0.1, 0.15) is 29.1 Å². The summed E-state index contributed by atoms with van der Waals surface area (Å²) in [5.41, 5.74) is 1.79. The van der Waals surface area contributed by atoms with Crippen molar-refractivity contribution in [3.05, 3.63) is 76.3 Å². The molecule has 2 aliphatic rings. The van der Waals surface area contributed by atoms with E-state index in [1.807, 2.05) is 4.57 Å². The number of carboxylic acid groups (broad SMARTS) is 1. The van der Waals surface area contributed by atoms with Crippen molar-refractivity contribution in [1.82, 2.24) is 24.5 Å². The number of fused-ring (bicyclic) bond motifs is 1. The molecule has 2 fully saturated rings. The summed E-state index contributed by atoms with van der Waals surface area (Å²) in [7, 11) is 0. The summed E-state index contributed by atoms with van der Waals surface area (Å²) in [4.78, 5) is 29.5. The van der Waals surface area contributed by atoms with E-state index in [9.17, 15) is 14.3 Å². The number of hydrogen-bond acceptors (Lipinski definition) is 7. The number of ether oxygens (including phenoxy) is 2. The number of carboxylic acids is 1. The Morgan fingerprint density at radius 3 is 2.65 bits per heavy atom. The van der Waals surface area contributed by atoms with Crippen LogP contribution in [0.4, 0.5) is 4.39 Å². The Kier molecular flexibility index (Phi) is 7.62. The molecule has 1 atom stereocenters. The van der Waals surface area contributed by atoms with Crippen molar-refractivity contribution in [3.63, 3.8) is 0 Å². The van der Waals surface area contributed by atoms with Gasteiger partial charge < -0.3 is 19.1 Å². The third-order valence-corrected chi connectivity index (χ3v) is 7.90. The summed E-state index contributed by atoms with van der Waals surface area (Å²) < 4.78 is 28.1. The minimum Gasteiger partial charge on any atom is -0.477 e. The van der Waals surface area contributed by atoms with Crippen LogP contribution in [0.5, 0.6) is 5.88 Å². The van der Waals surface area contributed by atoms with Crippen LogP contribution in [-0.2, 0) is 24.1 Å². The minimum absolute atomic E-state index is 0.0126. The van der Waals surface area contributed by atoms with E-state index in [1.165, 1.54) is 12.1 Å². The van der Waals surface area contributed by atoms with Gasteiger partial charge >= 0.3 is 5.97 Å². The number of halogens is 2. The molecule has 4 heterocycles. The highest BCUT2D eigenvalue weighted by atomic mass is 35.5. The Hall–Kier alpha value is -3.63. The molecule has 3 aromatic heterocycles. The van der Waals surface area contributed by atoms with Gasteiger partial charge in [0.25, 0.3) is 0 Å². The van der Waals surface area contributed by atoms with Gasteiger partial charge in [-0.2, -0.15) is 4.98 Å². The number of imidazole rings is 1. The van der Waals surface area contributed by atoms with E-state index in [1.54, 1.807) is 30.5 Å². The molecule has 0 unspecified atom stereocenters. The molecule has 0 amide bonds. The van der Waals surface area contributed by atoms with Gasteiger partial charge in [-0.1, -0.05) is 17.7 Å². The maximum atomic E-state index is 14.2. The zero-order valence-corrected chi connectivity index (χ0v) is 22.6. The highest BCUT2D eigenvalue weighted by Crippen LogP contribution is 2.31. The number of rotatable bonds is 9. The van der Waals surface area contributed by atoms with Crippen LogP contribution in [0.2, 0.25) is 5.02 Å². The Morgan fingerprint density at radius 2 is 1.93 bits per heavy atom. The van der Waals surface area contributed by atoms with Gasteiger partial charge in [-0.3, -0.25) is 0 Å². The highest BCUT2D eigenvalue weighted by molar-refractivity contribution is 6.30. The summed E-state index contributed by atoms with van der Waals surface area (Å²) >= 11 is 5.86. The molecule has 0 radical (unpaired) electrons. The molecule has 4 aromatic rings. The molecule has 1 saturated carbocycles. The van der Waals surface area contributed by atoms with Gasteiger partial charge in [0.15, 0.2) is 11.3 Å². The molecule has 9 nitrogen and oxygen atoms in total. The van der Waals surface area contributed by atoms with Crippen molar-refractivity contribution in [2.24, 2.45) is 5.92 Å². The quantitative estimate of drug-likeness (QED) is 0.292. The van der Waals surface area contributed by atoms with Crippen LogP contribution in [0.3, 0.4) is 0 Å². The molecule has 0 spiro atoms. The third kappa shape index (κ3) is 5.93. The van der Waals surface area contributed by atoms with Crippen LogP contribution in [0.25, 0.3) is 11.2 Å². The monoisotopic (exact) mass is 565 g/mol. The second-order valence-corrected chi connectivity index (χ2v) is 10.9. The van der Waals surface area contributed by atoms with Gasteiger partial charge in [0.05, 0.1) is 12.6 Å². The summed E-state index contributed by atoms with van der Waals surface area (Å²) in [5.74, 6) is 0.882. The predicted molar refractivity (Wildman–Crippen MR) is 145 cm³/mol. The largest absolute Gasteiger partial charge is 0.477 e. The Labute approximate surface area is 235 Å². The average molecular weight is 566 g/mol. The first-order chi connectivity index (χ1) is 19.4. The van der Waals surface area contributed by atoms with Gasteiger partial charge in [0, 0.05) is 36.7 Å². The molecule has 11 heteroatoms. The molecule has 1 aliphatic heterocycles. The summed E-state index contributed by atoms with van der Waals surface area (Å²) in [5, 5.41) is 9.77. The summed E-state index contributed by atoms with van der Waals surface area (Å²) in [6.07, 6.45) is 7.47. The molecule has 40 heavy (non-hydrogen) atoms. The maximum absolute atomic E-state index is 14.2. The fourth-order valence-electron chi connectivity index (χ4n) is 5.40. The summed E-state index contributed by atoms with van der Waals surface area (Å²) in [6.45, 7) is 1.37. The van der Waals surface area contributed by atoms with E-state index in [-0.39, 0.29) is 30.1 Å². The van der Waals surface area contributed by atoms with Crippen LogP contribution >= 0.6 is 11.6 Å². The third-order valence-electron chi connectivity index (χ3n) is 7.67. The molecule has 1 aromatic carbocycles. The van der Waals surface area contributed by atoms with Gasteiger partial charge in [-0.05, 0) is 67.9 Å². The van der Waals surface area contributed by atoms with Crippen LogP contribution < -0.4 is 4.74 Å². The SMILES string of the molecule is O=C(O)c1ccc2nc(CC3CCC(Oc4ccnc(Cc5ccc(Cl)cc5F)n4)CC3)n(C[C@@H]3CCO3)c2n1. The molecule has 208 valence electrons. The van der Waals surface area contributed by atoms with Crippen molar-refractivity contribution < 1.29 is 23.8 Å². The number of hydrogen-bond donors (Lipinski definition) is 1. The zero-order valence-electron chi connectivity index (χ0n) is 21.8. The molecule has 6 rings (SSSR count). The smallest absolute Gasteiger partial charge is 0.354 e. The second kappa shape index (κ2) is 11.5. The highest BCUT2D eigenvalue weighted by Gasteiger charge is 2.27. The average Bonchev–Trinajstić information content (AvgIpc) is 3.25. The second-order valence-electron chi connectivity index (χ2n) is 10.5. The molecule has 0 bridgehead atoms. The number of pyridine rings is 1. The predicted octanol–water partition coefficient (Wildman–Crippen LogP) is 5.27. The normalized spacial score (nSPS) is 20.8. The fraction of sp³-hybridized carbons (Fsp3) is 0.414. The lowest BCUT2D eigenvalue weighted by molar-refractivity contribution is -0.0591. The lowest BCUT2D eigenvalue weighted by Gasteiger charge is -2.30. The van der Waals surface area contributed by atoms with Crippen molar-refractivity contribution in [3.8, 4) is 5.88 Å². The molecule has 1 N–H and O–H groups in total. The first-order valence-electron chi connectivity index (χ1n) is 13.5. The number of nitrogens with zero attached hydrogens (tertiary/aromatic N) is 5. The lowest BCUT2D eigenvalue weighted by Crippen LogP contribution is -2.32. The summed E-state index contributed by atoms with van der Waals surface area (Å²) in [6, 6.07) is 9.55. The lowest BCUT2D eigenvalue weighted by atomic mass is 9.85. The standard InChI is InChI=1S/C29H29ClFN5O4/c30-19-4-3-18(22(31)15-19)14-25-32-11-9-27(35-25)40-20-5-1-17(2-6-20)13-26-33-23-7-8-24(29(37)38)34-28(23)36(26)16-21-10-12-39-21/h3-4,7-9,11,15,17,20-21H,1-2,5-6,10,12-14,16H2,(H,37,38)/t17?,20?,21-/m0/s1. The van der Waals surface area contributed by atoms with Gasteiger partial charge in [-0.15, -0.1) is 0 Å². The van der Waals surface area contributed by atoms with E-state index in [0.717, 1.165) is 51.0 Å². The maximum Gasteiger partial charge on any atom is 0.354 e. The number of aromatic nitrogens is 5. The van der Waals surface area contributed by atoms with Gasteiger partial charge in [-0.25, -0.2) is 24.1 Å². The number of carbonyl (C=O) groups is 1. The van der Waals surface area contributed by atoms with Crippen LogP contribution in [0.1, 0.15) is 59.8 Å². The molecule has 1 aliphatic carbocycles. The Balaban J connectivity index is 1.09. The zero-order chi connectivity index (χ0) is 27.6. The Morgan fingerprint density at radius 1 is 1.10 bits per heavy atom. The van der Waals surface area contributed by atoms with E-state index in [4.69, 9.17) is 26.1 Å². The van der Waals surface area contributed by atoms with Crippen LogP contribution in [-0.4, -0.2) is 54.4 Å². The number of aromatic carboxylic acids is 1. The minimum atomic E-state index is -1.05. The van der Waals surface area contributed by atoms with E-state index >= 15 is 0 Å². The van der Waals surface area contributed by atoms with E-state index in [2.05, 4.69) is 15.0 Å². The van der Waals surface area contributed by atoms with Crippen molar-refractivity contribution in [1.29, 1.82) is 0 Å².